The lowest BCUT2D eigenvalue weighted by molar-refractivity contribution is 0.0474. The summed E-state index contributed by atoms with van der Waals surface area (Å²) in [6, 6.07) is 11.5. The molecule has 2 aromatic heterocycles. The first-order valence-electron chi connectivity index (χ1n) is 9.01. The summed E-state index contributed by atoms with van der Waals surface area (Å²) in [5.74, 6) is -1.40. The number of methoxy groups -OCH3 is 1. The number of carbonyl (C=O) groups is 3. The molecule has 0 aliphatic rings. The van der Waals surface area contributed by atoms with Gasteiger partial charge in [-0.05, 0) is 56.3 Å². The van der Waals surface area contributed by atoms with Crippen molar-refractivity contribution in [2.75, 3.05) is 13.7 Å². The van der Waals surface area contributed by atoms with Gasteiger partial charge in [-0.1, -0.05) is 11.6 Å². The van der Waals surface area contributed by atoms with Gasteiger partial charge in [0, 0.05) is 28.8 Å². The molecule has 3 aromatic rings. The molecule has 8 heteroatoms. The highest BCUT2D eigenvalue weighted by Gasteiger charge is 2.19. The molecule has 0 atom stereocenters. The number of aryl methyl sites for hydroxylation is 1. The first kappa shape index (κ1) is 21.3. The number of benzene rings is 1. The number of hydrogen-bond acceptors (Lipinski definition) is 6. The number of pyridine rings is 1. The molecule has 0 amide bonds. The quantitative estimate of drug-likeness (QED) is 0.336. The van der Waals surface area contributed by atoms with Gasteiger partial charge in [0.15, 0.2) is 6.61 Å². The Hall–Kier alpha value is -3.45. The van der Waals surface area contributed by atoms with E-state index in [0.29, 0.717) is 16.8 Å². The second-order valence-electron chi connectivity index (χ2n) is 6.53. The highest BCUT2D eigenvalue weighted by atomic mass is 35.5. The van der Waals surface area contributed by atoms with E-state index in [1.165, 1.54) is 25.4 Å². The fourth-order valence-electron chi connectivity index (χ4n) is 3.10. The molecule has 0 aliphatic carbocycles. The van der Waals surface area contributed by atoms with Crippen LogP contribution in [0.1, 0.15) is 42.5 Å². The number of esters is 2. The molecule has 0 aliphatic heterocycles. The van der Waals surface area contributed by atoms with Crippen LogP contribution in [0.15, 0.2) is 48.7 Å². The molecule has 0 fully saturated rings. The Kier molecular flexibility index (Phi) is 6.32. The molecule has 0 spiro atoms. The third kappa shape index (κ3) is 4.41. The van der Waals surface area contributed by atoms with Crippen LogP contribution in [0.25, 0.3) is 5.69 Å². The van der Waals surface area contributed by atoms with Crippen LogP contribution >= 0.6 is 11.6 Å². The van der Waals surface area contributed by atoms with Crippen LogP contribution in [-0.4, -0.2) is 41.0 Å². The van der Waals surface area contributed by atoms with Gasteiger partial charge in [-0.25, -0.2) is 14.6 Å². The molecule has 1 aromatic carbocycles. The number of ketones is 1. The third-order valence-corrected chi connectivity index (χ3v) is 4.80. The van der Waals surface area contributed by atoms with Crippen LogP contribution in [0.4, 0.5) is 0 Å². The fourth-order valence-corrected chi connectivity index (χ4v) is 3.21. The normalized spacial score (nSPS) is 10.5. The Morgan fingerprint density at radius 1 is 1.00 bits per heavy atom. The molecular weight excluding hydrogens is 408 g/mol. The fraction of sp³-hybridized carbons (Fsp3) is 0.182. The van der Waals surface area contributed by atoms with E-state index in [2.05, 4.69) is 4.98 Å². The van der Waals surface area contributed by atoms with E-state index in [9.17, 15) is 14.4 Å². The van der Waals surface area contributed by atoms with Gasteiger partial charge in [-0.3, -0.25) is 4.79 Å². The summed E-state index contributed by atoms with van der Waals surface area (Å²) >= 11 is 5.70. The number of aromatic nitrogens is 2. The number of rotatable bonds is 6. The highest BCUT2D eigenvalue weighted by Crippen LogP contribution is 2.22. The second kappa shape index (κ2) is 8.92. The average molecular weight is 427 g/mol. The SMILES string of the molecule is COC(=O)c1ccc(-n2c(C)cc(C(=O)COC(=O)c3ccc(Cl)nc3)c2C)cc1. The van der Waals surface area contributed by atoms with Crippen molar-refractivity contribution >= 4 is 29.3 Å². The van der Waals surface area contributed by atoms with Crippen molar-refractivity contribution in [1.82, 2.24) is 9.55 Å². The number of nitrogens with zero attached hydrogens (tertiary/aromatic N) is 2. The standard InChI is InChI=1S/C22H19ClN2O5/c1-13-10-18(19(26)12-30-22(28)16-6-9-20(23)24-11-16)14(2)25(13)17-7-4-15(5-8-17)21(27)29-3/h4-11H,12H2,1-3H3. The molecule has 154 valence electrons. The van der Waals surface area contributed by atoms with Gasteiger partial charge in [0.05, 0.1) is 18.2 Å². The number of ether oxygens (including phenoxy) is 2. The molecule has 0 radical (unpaired) electrons. The Labute approximate surface area is 178 Å². The van der Waals surface area contributed by atoms with E-state index in [1.807, 2.05) is 11.5 Å². The predicted molar refractivity (Wildman–Crippen MR) is 110 cm³/mol. The van der Waals surface area contributed by atoms with Gasteiger partial charge >= 0.3 is 11.9 Å². The molecule has 3 rings (SSSR count). The molecule has 0 saturated carbocycles. The van der Waals surface area contributed by atoms with Crippen molar-refractivity contribution < 1.29 is 23.9 Å². The van der Waals surface area contributed by atoms with Crippen molar-refractivity contribution in [3.05, 3.63) is 81.9 Å². The predicted octanol–water partition coefficient (Wildman–Crippen LogP) is 3.97. The minimum Gasteiger partial charge on any atom is -0.465 e. The molecule has 30 heavy (non-hydrogen) atoms. The summed E-state index contributed by atoms with van der Waals surface area (Å²) in [6.45, 7) is 3.27. The summed E-state index contributed by atoms with van der Waals surface area (Å²) in [6.07, 6.45) is 1.29. The zero-order valence-electron chi connectivity index (χ0n) is 16.6. The molecule has 2 heterocycles. The van der Waals surface area contributed by atoms with E-state index < -0.39 is 18.5 Å². The number of Topliss-reactive ketones (excluding diaryl/α,β-unsaturated/α-hetero) is 1. The summed E-state index contributed by atoms with van der Waals surface area (Å²) in [5, 5.41) is 0.259. The molecule has 7 nitrogen and oxygen atoms in total. The highest BCUT2D eigenvalue weighted by molar-refractivity contribution is 6.29. The smallest absolute Gasteiger partial charge is 0.340 e. The van der Waals surface area contributed by atoms with Crippen molar-refractivity contribution in [3.8, 4) is 5.69 Å². The summed E-state index contributed by atoms with van der Waals surface area (Å²) in [5.41, 5.74) is 3.42. The Morgan fingerprint density at radius 2 is 1.67 bits per heavy atom. The minimum absolute atomic E-state index is 0.211. The van der Waals surface area contributed by atoms with Gasteiger partial charge < -0.3 is 14.0 Å². The largest absolute Gasteiger partial charge is 0.465 e. The van der Waals surface area contributed by atoms with E-state index >= 15 is 0 Å². The van der Waals surface area contributed by atoms with Crippen LogP contribution in [-0.2, 0) is 9.47 Å². The van der Waals surface area contributed by atoms with Crippen LogP contribution in [0, 0.1) is 13.8 Å². The Balaban J connectivity index is 1.76. The zero-order valence-corrected chi connectivity index (χ0v) is 17.4. The second-order valence-corrected chi connectivity index (χ2v) is 6.91. The van der Waals surface area contributed by atoms with Crippen LogP contribution in [0.2, 0.25) is 5.15 Å². The monoisotopic (exact) mass is 426 g/mol. The Bertz CT molecular complexity index is 1100. The van der Waals surface area contributed by atoms with Gasteiger partial charge in [0.2, 0.25) is 5.78 Å². The van der Waals surface area contributed by atoms with Crippen molar-refractivity contribution in [3.63, 3.8) is 0 Å². The van der Waals surface area contributed by atoms with E-state index in [0.717, 1.165) is 11.4 Å². The lowest BCUT2D eigenvalue weighted by atomic mass is 10.1. The lowest BCUT2D eigenvalue weighted by Crippen LogP contribution is -2.15. The van der Waals surface area contributed by atoms with E-state index in [1.54, 1.807) is 37.3 Å². The maximum atomic E-state index is 12.6. The van der Waals surface area contributed by atoms with Gasteiger partial charge in [-0.2, -0.15) is 0 Å². The summed E-state index contributed by atoms with van der Waals surface area (Å²) in [4.78, 5) is 40.2. The summed E-state index contributed by atoms with van der Waals surface area (Å²) < 4.78 is 11.7. The average Bonchev–Trinajstić information content (AvgIpc) is 3.05. The van der Waals surface area contributed by atoms with Crippen molar-refractivity contribution in [2.45, 2.75) is 13.8 Å². The molecule has 0 saturated heterocycles. The first-order valence-corrected chi connectivity index (χ1v) is 9.39. The lowest BCUT2D eigenvalue weighted by Gasteiger charge is -2.10. The number of hydrogen-bond donors (Lipinski definition) is 0. The first-order chi connectivity index (χ1) is 14.3. The van der Waals surface area contributed by atoms with Crippen molar-refractivity contribution in [1.29, 1.82) is 0 Å². The van der Waals surface area contributed by atoms with Crippen LogP contribution in [0.3, 0.4) is 0 Å². The van der Waals surface area contributed by atoms with Crippen molar-refractivity contribution in [2.24, 2.45) is 0 Å². The zero-order chi connectivity index (χ0) is 21.8. The summed E-state index contributed by atoms with van der Waals surface area (Å²) in [7, 11) is 1.32. The van der Waals surface area contributed by atoms with Crippen LogP contribution in [0.5, 0.6) is 0 Å². The van der Waals surface area contributed by atoms with Crippen LogP contribution < -0.4 is 0 Å². The molecule has 0 N–H and O–H groups in total. The minimum atomic E-state index is -0.653. The topological polar surface area (TPSA) is 87.5 Å². The molecular formula is C22H19ClN2O5. The van der Waals surface area contributed by atoms with Gasteiger partial charge in [-0.15, -0.1) is 0 Å². The van der Waals surface area contributed by atoms with E-state index in [-0.39, 0.29) is 16.5 Å². The maximum absolute atomic E-state index is 12.6. The molecule has 0 bridgehead atoms. The maximum Gasteiger partial charge on any atom is 0.340 e. The Morgan fingerprint density at radius 3 is 2.27 bits per heavy atom. The third-order valence-electron chi connectivity index (χ3n) is 4.58. The number of halogens is 1. The van der Waals surface area contributed by atoms with Gasteiger partial charge in [0.1, 0.15) is 5.15 Å². The van der Waals surface area contributed by atoms with Gasteiger partial charge in [0.25, 0.3) is 0 Å². The molecule has 0 unspecified atom stereocenters. The van der Waals surface area contributed by atoms with E-state index in [4.69, 9.17) is 21.1 Å². The number of carbonyl (C=O) groups excluding carboxylic acids is 3.